The van der Waals surface area contributed by atoms with Crippen LogP contribution in [0.3, 0.4) is 0 Å². The molecule has 2 aromatic carbocycles. The van der Waals surface area contributed by atoms with Gasteiger partial charge in [0, 0.05) is 42.9 Å². The van der Waals surface area contributed by atoms with E-state index in [1.807, 2.05) is 18.7 Å². The molecule has 0 aliphatic carbocycles. The van der Waals surface area contributed by atoms with E-state index < -0.39 is 0 Å². The number of aryl methyl sites for hydroxylation is 2. The summed E-state index contributed by atoms with van der Waals surface area (Å²) in [4.78, 5) is 18.4. The molecule has 144 valence electrons. The monoisotopic (exact) mass is 384 g/mol. The highest BCUT2D eigenvalue weighted by molar-refractivity contribution is 7.99. The maximum absolute atomic E-state index is 11.2. The van der Waals surface area contributed by atoms with Crippen LogP contribution in [0.1, 0.15) is 25.0 Å². The van der Waals surface area contributed by atoms with E-state index in [-0.39, 0.29) is 12.2 Å². The van der Waals surface area contributed by atoms with Crippen molar-refractivity contribution in [1.82, 2.24) is 4.90 Å². The standard InChI is InChI=1S/C22H28N2O2S/c1-16-9-10-21(17(2)15-16)27-22-8-6-5-7-20(22)24-13-11-23(12-14-24)18(3)26-19(4)25/h5-10,15,18H,11-14H2,1-4H3/t18-/m1/s1. The lowest BCUT2D eigenvalue weighted by Crippen LogP contribution is -2.50. The van der Waals surface area contributed by atoms with Gasteiger partial charge in [-0.25, -0.2) is 0 Å². The number of nitrogens with zero attached hydrogens (tertiary/aromatic N) is 2. The number of benzene rings is 2. The molecule has 0 bridgehead atoms. The van der Waals surface area contributed by atoms with Gasteiger partial charge in [0.2, 0.25) is 0 Å². The zero-order valence-electron chi connectivity index (χ0n) is 16.6. The Hall–Kier alpha value is -1.98. The van der Waals surface area contributed by atoms with Gasteiger partial charge in [0.15, 0.2) is 6.23 Å². The van der Waals surface area contributed by atoms with Gasteiger partial charge in [-0.15, -0.1) is 0 Å². The van der Waals surface area contributed by atoms with Crippen molar-refractivity contribution in [2.24, 2.45) is 0 Å². The fraction of sp³-hybridized carbons (Fsp3) is 0.409. The molecule has 1 atom stereocenters. The Bertz CT molecular complexity index is 801. The zero-order valence-corrected chi connectivity index (χ0v) is 17.4. The van der Waals surface area contributed by atoms with Crippen molar-refractivity contribution >= 4 is 23.4 Å². The number of carbonyl (C=O) groups excluding carboxylic acids is 1. The van der Waals surface area contributed by atoms with Crippen LogP contribution in [-0.2, 0) is 9.53 Å². The van der Waals surface area contributed by atoms with Gasteiger partial charge in [-0.1, -0.05) is 41.6 Å². The molecular formula is C22H28N2O2S. The van der Waals surface area contributed by atoms with E-state index in [2.05, 4.69) is 66.1 Å². The largest absolute Gasteiger partial charge is 0.447 e. The summed E-state index contributed by atoms with van der Waals surface area (Å²) >= 11 is 1.83. The Kier molecular flexibility index (Phi) is 6.45. The lowest BCUT2D eigenvalue weighted by atomic mass is 10.2. The molecule has 0 amide bonds. The molecule has 5 heteroatoms. The summed E-state index contributed by atoms with van der Waals surface area (Å²) in [6.07, 6.45) is -0.163. The van der Waals surface area contributed by atoms with E-state index in [1.165, 1.54) is 33.5 Å². The molecular weight excluding hydrogens is 356 g/mol. The molecule has 0 radical (unpaired) electrons. The Labute approximate surface area is 166 Å². The van der Waals surface area contributed by atoms with Crippen LogP contribution in [-0.4, -0.2) is 43.3 Å². The first-order valence-corrected chi connectivity index (χ1v) is 10.3. The molecule has 1 aliphatic rings. The van der Waals surface area contributed by atoms with Crippen LogP contribution in [0.2, 0.25) is 0 Å². The molecule has 3 rings (SSSR count). The molecule has 1 heterocycles. The van der Waals surface area contributed by atoms with E-state index in [0.717, 1.165) is 26.2 Å². The van der Waals surface area contributed by atoms with Crippen LogP contribution < -0.4 is 4.90 Å². The number of anilines is 1. The highest BCUT2D eigenvalue weighted by Crippen LogP contribution is 2.37. The highest BCUT2D eigenvalue weighted by atomic mass is 32.2. The number of rotatable bonds is 5. The van der Waals surface area contributed by atoms with Crippen LogP contribution in [0.25, 0.3) is 0 Å². The third-order valence-corrected chi connectivity index (χ3v) is 6.16. The first-order chi connectivity index (χ1) is 12.9. The van der Waals surface area contributed by atoms with Crippen LogP contribution in [0.4, 0.5) is 5.69 Å². The number of esters is 1. The van der Waals surface area contributed by atoms with Gasteiger partial charge in [0.1, 0.15) is 0 Å². The predicted molar refractivity (Wildman–Crippen MR) is 111 cm³/mol. The zero-order chi connectivity index (χ0) is 19.4. The average Bonchev–Trinajstić information content (AvgIpc) is 2.64. The topological polar surface area (TPSA) is 32.8 Å². The Balaban J connectivity index is 1.70. The normalized spacial score (nSPS) is 16.2. The fourth-order valence-corrected chi connectivity index (χ4v) is 4.52. The molecule has 1 fully saturated rings. The minimum atomic E-state index is -0.222. The number of para-hydroxylation sites is 1. The van der Waals surface area contributed by atoms with Crippen molar-refractivity contribution in [3.05, 3.63) is 53.6 Å². The van der Waals surface area contributed by atoms with Crippen LogP contribution in [0.5, 0.6) is 0 Å². The summed E-state index contributed by atoms with van der Waals surface area (Å²) in [7, 11) is 0. The van der Waals surface area contributed by atoms with Gasteiger partial charge in [0.25, 0.3) is 0 Å². The van der Waals surface area contributed by atoms with Gasteiger partial charge in [-0.3, -0.25) is 9.69 Å². The van der Waals surface area contributed by atoms with Gasteiger partial charge < -0.3 is 9.64 Å². The van der Waals surface area contributed by atoms with Crippen molar-refractivity contribution in [1.29, 1.82) is 0 Å². The van der Waals surface area contributed by atoms with Gasteiger partial charge in [0.05, 0.1) is 5.69 Å². The third-order valence-electron chi connectivity index (χ3n) is 4.92. The second kappa shape index (κ2) is 8.81. The number of piperazine rings is 1. The SMILES string of the molecule is CC(=O)O[C@H](C)N1CCN(c2ccccc2Sc2ccc(C)cc2C)CC1. The number of ether oxygens (including phenoxy) is 1. The molecule has 1 aliphatic heterocycles. The maximum Gasteiger partial charge on any atom is 0.304 e. The van der Waals surface area contributed by atoms with Crippen molar-refractivity contribution in [3.8, 4) is 0 Å². The summed E-state index contributed by atoms with van der Waals surface area (Å²) < 4.78 is 5.32. The number of hydrogen-bond donors (Lipinski definition) is 0. The summed E-state index contributed by atoms with van der Waals surface area (Å²) in [5, 5.41) is 0. The summed E-state index contributed by atoms with van der Waals surface area (Å²) in [6, 6.07) is 15.2. The minimum Gasteiger partial charge on any atom is -0.447 e. The summed E-state index contributed by atoms with van der Waals surface area (Å²) in [5.74, 6) is -0.222. The molecule has 27 heavy (non-hydrogen) atoms. The first-order valence-electron chi connectivity index (χ1n) is 9.44. The lowest BCUT2D eigenvalue weighted by Gasteiger charge is -2.39. The smallest absolute Gasteiger partial charge is 0.304 e. The molecule has 0 spiro atoms. The minimum absolute atomic E-state index is 0.163. The van der Waals surface area contributed by atoms with Crippen molar-refractivity contribution in [2.45, 2.75) is 43.7 Å². The quantitative estimate of drug-likeness (QED) is 0.710. The molecule has 0 N–H and O–H groups in total. The molecule has 0 saturated carbocycles. The molecule has 4 nitrogen and oxygen atoms in total. The van der Waals surface area contributed by atoms with E-state index >= 15 is 0 Å². The predicted octanol–water partition coefficient (Wildman–Crippen LogP) is 4.49. The van der Waals surface area contributed by atoms with Gasteiger partial charge in [-0.05, 0) is 44.5 Å². The molecule has 1 saturated heterocycles. The summed E-state index contributed by atoms with van der Waals surface area (Å²) in [5.41, 5.74) is 3.89. The van der Waals surface area contributed by atoms with E-state index in [9.17, 15) is 4.79 Å². The fourth-order valence-electron chi connectivity index (χ4n) is 3.48. The average molecular weight is 385 g/mol. The van der Waals surface area contributed by atoms with Gasteiger partial charge in [-0.2, -0.15) is 0 Å². The number of carbonyl (C=O) groups is 1. The van der Waals surface area contributed by atoms with Crippen molar-refractivity contribution < 1.29 is 9.53 Å². The maximum atomic E-state index is 11.2. The second-order valence-electron chi connectivity index (χ2n) is 7.07. The molecule has 2 aromatic rings. The van der Waals surface area contributed by atoms with E-state index in [1.54, 1.807) is 0 Å². The molecule has 0 unspecified atom stereocenters. The lowest BCUT2D eigenvalue weighted by molar-refractivity contribution is -0.155. The number of hydrogen-bond acceptors (Lipinski definition) is 5. The molecule has 0 aromatic heterocycles. The Morgan fingerprint density at radius 3 is 2.41 bits per heavy atom. The summed E-state index contributed by atoms with van der Waals surface area (Å²) in [6.45, 7) is 11.3. The van der Waals surface area contributed by atoms with Crippen LogP contribution in [0.15, 0.2) is 52.3 Å². The van der Waals surface area contributed by atoms with Gasteiger partial charge >= 0.3 is 5.97 Å². The Morgan fingerprint density at radius 1 is 1.04 bits per heavy atom. The Morgan fingerprint density at radius 2 is 1.74 bits per heavy atom. The van der Waals surface area contributed by atoms with Crippen LogP contribution >= 0.6 is 11.8 Å². The van der Waals surface area contributed by atoms with Crippen molar-refractivity contribution in [3.63, 3.8) is 0 Å². The first kappa shape index (κ1) is 19.8. The van der Waals surface area contributed by atoms with E-state index in [0.29, 0.717) is 0 Å². The van der Waals surface area contributed by atoms with Crippen molar-refractivity contribution in [2.75, 3.05) is 31.1 Å². The van der Waals surface area contributed by atoms with Crippen LogP contribution in [0, 0.1) is 13.8 Å². The van der Waals surface area contributed by atoms with E-state index in [4.69, 9.17) is 4.74 Å². The third kappa shape index (κ3) is 5.05. The highest BCUT2D eigenvalue weighted by Gasteiger charge is 2.24. The second-order valence-corrected chi connectivity index (χ2v) is 8.15.